The van der Waals surface area contributed by atoms with Gasteiger partial charge in [-0.25, -0.2) is 0 Å². The third kappa shape index (κ3) is 0.789. The number of hydrogen-bond donors (Lipinski definition) is 2. The van der Waals surface area contributed by atoms with Crippen molar-refractivity contribution in [3.05, 3.63) is 0 Å². The van der Waals surface area contributed by atoms with Gasteiger partial charge >= 0.3 is 0 Å². The molecule has 4 atom stereocenters. The van der Waals surface area contributed by atoms with Crippen LogP contribution >= 0.6 is 0 Å². The summed E-state index contributed by atoms with van der Waals surface area (Å²) in [7, 11) is 0. The van der Waals surface area contributed by atoms with Crippen molar-refractivity contribution < 1.29 is 14.9 Å². The number of hydrogen-bond acceptors (Lipinski definition) is 3. The lowest BCUT2D eigenvalue weighted by Gasteiger charge is -2.25. The summed E-state index contributed by atoms with van der Waals surface area (Å²) in [5, 5.41) is 18.8. The molecule has 3 nitrogen and oxygen atoms in total. The minimum atomic E-state index is -0.442. The summed E-state index contributed by atoms with van der Waals surface area (Å²) in [6.07, 6.45) is 0.430. The Hall–Kier alpha value is -0.120. The molecule has 0 spiro atoms. The molecule has 2 rings (SSSR count). The van der Waals surface area contributed by atoms with E-state index >= 15 is 0 Å². The molecule has 1 saturated carbocycles. The van der Waals surface area contributed by atoms with Crippen molar-refractivity contribution in [3.63, 3.8) is 0 Å². The second kappa shape index (κ2) is 2.19. The molecule has 64 valence electrons. The van der Waals surface area contributed by atoms with Crippen LogP contribution in [0.25, 0.3) is 0 Å². The molecule has 0 aromatic heterocycles. The first-order chi connectivity index (χ1) is 5.19. The van der Waals surface area contributed by atoms with Crippen LogP contribution in [0.5, 0.6) is 0 Å². The Labute approximate surface area is 66.0 Å². The lowest BCUT2D eigenvalue weighted by molar-refractivity contribution is -0.00149. The van der Waals surface area contributed by atoms with Crippen LogP contribution in [-0.2, 0) is 4.74 Å². The topological polar surface area (TPSA) is 49.7 Å². The summed E-state index contributed by atoms with van der Waals surface area (Å²) < 4.78 is 5.36. The van der Waals surface area contributed by atoms with Crippen molar-refractivity contribution in [1.82, 2.24) is 0 Å². The minimum absolute atomic E-state index is 0.0258. The van der Waals surface area contributed by atoms with Crippen LogP contribution in [-0.4, -0.2) is 35.6 Å². The Kier molecular flexibility index (Phi) is 1.50. The summed E-state index contributed by atoms with van der Waals surface area (Å²) in [6.45, 7) is 2.64. The highest BCUT2D eigenvalue weighted by Crippen LogP contribution is 2.48. The molecule has 2 fully saturated rings. The van der Waals surface area contributed by atoms with E-state index in [0.717, 1.165) is 6.42 Å². The average molecular weight is 158 g/mol. The van der Waals surface area contributed by atoms with Crippen molar-refractivity contribution in [1.29, 1.82) is 0 Å². The Bertz CT molecular complexity index is 171. The first-order valence-electron chi connectivity index (χ1n) is 4.10. The lowest BCUT2D eigenvalue weighted by Crippen LogP contribution is -2.34. The molecule has 1 aliphatic carbocycles. The molecule has 2 unspecified atom stereocenters. The van der Waals surface area contributed by atoms with Gasteiger partial charge in [0.15, 0.2) is 0 Å². The molecule has 3 heteroatoms. The van der Waals surface area contributed by atoms with E-state index in [2.05, 4.69) is 6.92 Å². The summed E-state index contributed by atoms with van der Waals surface area (Å²) in [5.74, 6) is 0.394. The van der Waals surface area contributed by atoms with E-state index in [0.29, 0.717) is 12.5 Å². The second-order valence-electron chi connectivity index (χ2n) is 3.92. The van der Waals surface area contributed by atoms with Gasteiger partial charge < -0.3 is 14.9 Å². The third-order valence-corrected chi connectivity index (χ3v) is 3.11. The van der Waals surface area contributed by atoms with Crippen molar-refractivity contribution in [2.24, 2.45) is 11.3 Å². The first kappa shape index (κ1) is 7.53. The zero-order valence-corrected chi connectivity index (χ0v) is 6.66. The van der Waals surface area contributed by atoms with E-state index in [1.165, 1.54) is 0 Å². The average Bonchev–Trinajstić information content (AvgIpc) is 2.42. The van der Waals surface area contributed by atoms with Crippen LogP contribution in [0.3, 0.4) is 0 Å². The molecule has 11 heavy (non-hydrogen) atoms. The van der Waals surface area contributed by atoms with Crippen molar-refractivity contribution >= 4 is 0 Å². The van der Waals surface area contributed by atoms with E-state index in [4.69, 9.17) is 9.84 Å². The van der Waals surface area contributed by atoms with E-state index in [1.54, 1.807) is 0 Å². The Balaban J connectivity index is 2.24. The number of aliphatic hydroxyl groups excluding tert-OH is 2. The van der Waals surface area contributed by atoms with Crippen LogP contribution in [0.4, 0.5) is 0 Å². The fraction of sp³-hybridized carbons (Fsp3) is 1.00. The number of fused-ring (bicyclic) bond motifs is 2. The molecule has 1 heterocycles. The summed E-state index contributed by atoms with van der Waals surface area (Å²) in [6, 6.07) is 0. The monoisotopic (exact) mass is 158 g/mol. The number of rotatable bonds is 1. The fourth-order valence-corrected chi connectivity index (χ4v) is 2.40. The normalized spacial score (nSPS) is 55.4. The van der Waals surface area contributed by atoms with Crippen LogP contribution < -0.4 is 0 Å². The second-order valence-corrected chi connectivity index (χ2v) is 3.92. The first-order valence-corrected chi connectivity index (χ1v) is 4.10. The molecular formula is C8H14O3. The lowest BCUT2D eigenvalue weighted by atomic mass is 9.86. The molecule has 0 amide bonds. The van der Waals surface area contributed by atoms with Gasteiger partial charge in [-0.3, -0.25) is 0 Å². The Morgan fingerprint density at radius 2 is 2.36 bits per heavy atom. The molecule has 2 N–H and O–H groups in total. The standard InChI is InChI=1S/C8H14O3/c1-5-2-8(3-9)4-11-6(5)7(8)10/h5-7,9-10H,2-4H2,1H3/t5?,6-,7?,8-/m1/s1. The maximum absolute atomic E-state index is 9.66. The van der Waals surface area contributed by atoms with Gasteiger partial charge in [0.1, 0.15) is 0 Å². The van der Waals surface area contributed by atoms with Crippen LogP contribution in [0.2, 0.25) is 0 Å². The maximum Gasteiger partial charge on any atom is 0.0904 e. The molecule has 2 bridgehead atoms. The van der Waals surface area contributed by atoms with Gasteiger partial charge in [0.2, 0.25) is 0 Å². The van der Waals surface area contributed by atoms with Crippen LogP contribution in [0.1, 0.15) is 13.3 Å². The highest BCUT2D eigenvalue weighted by atomic mass is 16.5. The van der Waals surface area contributed by atoms with Crippen LogP contribution in [0, 0.1) is 11.3 Å². The van der Waals surface area contributed by atoms with E-state index in [9.17, 15) is 5.11 Å². The summed E-state index contributed by atoms with van der Waals surface area (Å²) >= 11 is 0. The van der Waals surface area contributed by atoms with E-state index in [-0.39, 0.29) is 18.1 Å². The van der Waals surface area contributed by atoms with Gasteiger partial charge in [0.05, 0.1) is 25.4 Å². The molecule has 0 radical (unpaired) electrons. The molecule has 1 saturated heterocycles. The molecule has 2 aliphatic rings. The highest BCUT2D eigenvalue weighted by Gasteiger charge is 2.57. The zero-order chi connectivity index (χ0) is 8.06. The predicted molar refractivity (Wildman–Crippen MR) is 39.0 cm³/mol. The van der Waals surface area contributed by atoms with Gasteiger partial charge in [-0.1, -0.05) is 6.92 Å². The van der Waals surface area contributed by atoms with Gasteiger partial charge in [-0.15, -0.1) is 0 Å². The van der Waals surface area contributed by atoms with E-state index in [1.807, 2.05) is 0 Å². The number of ether oxygens (including phenoxy) is 1. The van der Waals surface area contributed by atoms with Crippen molar-refractivity contribution in [2.75, 3.05) is 13.2 Å². The van der Waals surface area contributed by atoms with Gasteiger partial charge in [-0.05, 0) is 12.3 Å². The Morgan fingerprint density at radius 1 is 1.64 bits per heavy atom. The minimum Gasteiger partial charge on any atom is -0.396 e. The summed E-state index contributed by atoms with van der Waals surface area (Å²) in [5.41, 5.74) is -0.329. The summed E-state index contributed by atoms with van der Waals surface area (Å²) in [4.78, 5) is 0. The smallest absolute Gasteiger partial charge is 0.0904 e. The maximum atomic E-state index is 9.66. The number of aliphatic hydroxyl groups is 2. The molecule has 1 aliphatic heterocycles. The quantitative estimate of drug-likeness (QED) is 0.554. The SMILES string of the molecule is CC1C[C@@]2(CO)CO[C@H]1C2O. The third-order valence-electron chi connectivity index (χ3n) is 3.11. The van der Waals surface area contributed by atoms with Crippen LogP contribution in [0.15, 0.2) is 0 Å². The predicted octanol–water partition coefficient (Wildman–Crippen LogP) is -0.235. The largest absolute Gasteiger partial charge is 0.396 e. The van der Waals surface area contributed by atoms with Gasteiger partial charge in [0, 0.05) is 5.41 Å². The Morgan fingerprint density at radius 3 is 2.64 bits per heavy atom. The van der Waals surface area contributed by atoms with Gasteiger partial charge in [0.25, 0.3) is 0 Å². The van der Waals surface area contributed by atoms with Crippen molar-refractivity contribution in [2.45, 2.75) is 25.6 Å². The molecule has 0 aromatic rings. The van der Waals surface area contributed by atoms with E-state index < -0.39 is 6.10 Å². The fourth-order valence-electron chi connectivity index (χ4n) is 2.40. The zero-order valence-electron chi connectivity index (χ0n) is 6.66. The highest BCUT2D eigenvalue weighted by molar-refractivity contribution is 5.05. The van der Waals surface area contributed by atoms with Crippen molar-refractivity contribution in [3.8, 4) is 0 Å². The molecule has 0 aromatic carbocycles. The van der Waals surface area contributed by atoms with Gasteiger partial charge in [-0.2, -0.15) is 0 Å². The molecular weight excluding hydrogens is 144 g/mol.